The zero-order chi connectivity index (χ0) is 20.0. The quantitative estimate of drug-likeness (QED) is 0.676. The largest absolute Gasteiger partial charge is 0.444 e. The molecular formula is C20H31N3O3S. The first-order valence-electron chi connectivity index (χ1n) is 9.51. The zero-order valence-corrected chi connectivity index (χ0v) is 17.5. The number of Topliss-reactive ketones (excluding diaryl/α,β-unsaturated/α-hetero) is 1. The van der Waals surface area contributed by atoms with Gasteiger partial charge in [-0.2, -0.15) is 0 Å². The molecule has 1 aromatic heterocycles. The van der Waals surface area contributed by atoms with E-state index in [1.165, 1.54) is 11.3 Å². The molecule has 150 valence electrons. The van der Waals surface area contributed by atoms with Gasteiger partial charge in [-0.05, 0) is 52.9 Å². The Labute approximate surface area is 165 Å². The van der Waals surface area contributed by atoms with Gasteiger partial charge in [0.25, 0.3) is 0 Å². The van der Waals surface area contributed by atoms with E-state index in [1.807, 2.05) is 6.92 Å². The third kappa shape index (κ3) is 6.97. The molecule has 1 aliphatic rings. The van der Waals surface area contributed by atoms with Crippen LogP contribution in [0.5, 0.6) is 0 Å². The summed E-state index contributed by atoms with van der Waals surface area (Å²) in [4.78, 5) is 29.4. The molecule has 0 spiro atoms. The molecular weight excluding hydrogens is 362 g/mol. The number of hydrogen-bond acceptors (Lipinski definition) is 6. The van der Waals surface area contributed by atoms with Crippen molar-refractivity contribution in [1.82, 2.24) is 15.6 Å². The summed E-state index contributed by atoms with van der Waals surface area (Å²) in [5, 5.41) is 8.41. The van der Waals surface area contributed by atoms with E-state index in [1.54, 1.807) is 32.3 Å². The second kappa shape index (κ2) is 9.35. The van der Waals surface area contributed by atoms with Crippen LogP contribution in [0.4, 0.5) is 4.79 Å². The number of nitrogens with one attached hydrogen (secondary N) is 2. The van der Waals surface area contributed by atoms with Crippen LogP contribution in [-0.2, 0) is 4.74 Å². The van der Waals surface area contributed by atoms with Crippen LogP contribution in [-0.4, -0.2) is 34.5 Å². The molecule has 2 rings (SSSR count). The van der Waals surface area contributed by atoms with Crippen molar-refractivity contribution >= 4 is 23.2 Å². The average molecular weight is 394 g/mol. The molecule has 1 heterocycles. The minimum Gasteiger partial charge on any atom is -0.444 e. The van der Waals surface area contributed by atoms with E-state index in [2.05, 4.69) is 22.2 Å². The number of alkyl carbamates (subject to hydrolysis) is 1. The van der Waals surface area contributed by atoms with Gasteiger partial charge in [0.15, 0.2) is 5.01 Å². The Kier molecular flexibility index (Phi) is 7.41. The fourth-order valence-corrected chi connectivity index (χ4v) is 4.11. The van der Waals surface area contributed by atoms with E-state index in [0.717, 1.165) is 31.4 Å². The van der Waals surface area contributed by atoms with Gasteiger partial charge >= 0.3 is 6.09 Å². The van der Waals surface area contributed by atoms with Crippen LogP contribution in [0.25, 0.3) is 0 Å². The van der Waals surface area contributed by atoms with Gasteiger partial charge in [-0.25, -0.2) is 9.78 Å². The van der Waals surface area contributed by atoms with Gasteiger partial charge in [-0.3, -0.25) is 4.79 Å². The highest BCUT2D eigenvalue weighted by molar-refractivity contribution is 7.11. The lowest BCUT2D eigenvalue weighted by atomic mass is 9.80. The molecule has 7 heteroatoms. The highest BCUT2D eigenvalue weighted by Crippen LogP contribution is 2.29. The highest BCUT2D eigenvalue weighted by atomic mass is 32.1. The number of thiazole rings is 1. The number of rotatable bonds is 7. The molecule has 1 saturated carbocycles. The van der Waals surface area contributed by atoms with Crippen molar-refractivity contribution in [2.24, 2.45) is 5.92 Å². The molecule has 1 amide bonds. The number of carbonyl (C=O) groups excluding carboxylic acids is 2. The van der Waals surface area contributed by atoms with Crippen LogP contribution < -0.4 is 10.6 Å². The molecule has 27 heavy (non-hydrogen) atoms. The maximum atomic E-state index is 12.9. The first kappa shape index (κ1) is 21.4. The Balaban J connectivity index is 2.14. The molecule has 6 nitrogen and oxygen atoms in total. The van der Waals surface area contributed by atoms with Gasteiger partial charge in [-0.1, -0.05) is 19.4 Å². The third-order valence-corrected chi connectivity index (χ3v) is 5.32. The maximum absolute atomic E-state index is 12.9. The first-order chi connectivity index (χ1) is 12.7. The number of hydrogen-bond donors (Lipinski definition) is 2. The van der Waals surface area contributed by atoms with Crippen molar-refractivity contribution in [2.75, 3.05) is 0 Å². The minimum atomic E-state index is -0.650. The monoisotopic (exact) mass is 393 g/mol. The SMILES string of the molecule is C=C(C)NC1CCCCC1C[C@H](NC(=O)OC(C)(C)C)C(=O)c1nccs1. The molecule has 0 saturated heterocycles. The lowest BCUT2D eigenvalue weighted by molar-refractivity contribution is 0.0478. The van der Waals surface area contributed by atoms with Gasteiger partial charge in [0.05, 0.1) is 6.04 Å². The van der Waals surface area contributed by atoms with Crippen LogP contribution in [0.1, 0.15) is 69.6 Å². The third-order valence-electron chi connectivity index (χ3n) is 4.53. The fourth-order valence-electron chi connectivity index (χ4n) is 3.47. The van der Waals surface area contributed by atoms with Crippen LogP contribution in [0, 0.1) is 5.92 Å². The summed E-state index contributed by atoms with van der Waals surface area (Å²) in [5.41, 5.74) is 0.308. The molecule has 1 aliphatic carbocycles. The fraction of sp³-hybridized carbons (Fsp3) is 0.650. The predicted octanol–water partition coefficient (Wildman–Crippen LogP) is 4.29. The normalized spacial score (nSPS) is 21.2. The molecule has 1 aromatic rings. The van der Waals surface area contributed by atoms with Crippen LogP contribution >= 0.6 is 11.3 Å². The van der Waals surface area contributed by atoms with Crippen LogP contribution in [0.2, 0.25) is 0 Å². The number of ether oxygens (including phenoxy) is 1. The highest BCUT2D eigenvalue weighted by Gasteiger charge is 2.33. The van der Waals surface area contributed by atoms with Gasteiger partial charge in [0, 0.05) is 23.3 Å². The Morgan fingerprint density at radius 1 is 1.37 bits per heavy atom. The number of allylic oxidation sites excluding steroid dienone is 1. The Hall–Kier alpha value is -1.89. The molecule has 2 N–H and O–H groups in total. The summed E-state index contributed by atoms with van der Waals surface area (Å²) in [6, 6.07) is -0.383. The van der Waals surface area contributed by atoms with Gasteiger partial charge < -0.3 is 15.4 Å². The lowest BCUT2D eigenvalue weighted by Gasteiger charge is -2.35. The summed E-state index contributed by atoms with van der Waals surface area (Å²) in [6.45, 7) is 11.3. The molecule has 2 unspecified atom stereocenters. The second-order valence-electron chi connectivity index (χ2n) is 8.21. The number of amides is 1. The predicted molar refractivity (Wildman–Crippen MR) is 108 cm³/mol. The van der Waals surface area contributed by atoms with E-state index in [4.69, 9.17) is 4.74 Å². The Morgan fingerprint density at radius 2 is 2.07 bits per heavy atom. The molecule has 0 aromatic carbocycles. The van der Waals surface area contributed by atoms with Gasteiger partial charge in [0.1, 0.15) is 5.60 Å². The van der Waals surface area contributed by atoms with E-state index in [0.29, 0.717) is 11.4 Å². The van der Waals surface area contributed by atoms with Crippen molar-refractivity contribution in [3.8, 4) is 0 Å². The average Bonchev–Trinajstić information content (AvgIpc) is 3.07. The van der Waals surface area contributed by atoms with E-state index < -0.39 is 17.7 Å². The molecule has 1 fully saturated rings. The van der Waals surface area contributed by atoms with E-state index >= 15 is 0 Å². The zero-order valence-electron chi connectivity index (χ0n) is 16.7. The lowest BCUT2D eigenvalue weighted by Crippen LogP contribution is -2.47. The van der Waals surface area contributed by atoms with Crippen molar-refractivity contribution in [3.05, 3.63) is 28.9 Å². The maximum Gasteiger partial charge on any atom is 0.408 e. The number of aromatic nitrogens is 1. The summed E-state index contributed by atoms with van der Waals surface area (Å²) in [7, 11) is 0. The van der Waals surface area contributed by atoms with Gasteiger partial charge in [-0.15, -0.1) is 11.3 Å². The van der Waals surface area contributed by atoms with E-state index in [-0.39, 0.29) is 17.7 Å². The van der Waals surface area contributed by atoms with Crippen LogP contribution in [0.3, 0.4) is 0 Å². The minimum absolute atomic E-state index is 0.157. The first-order valence-corrected chi connectivity index (χ1v) is 10.4. The standard InChI is InChI=1S/C20H31N3O3S/c1-13(2)22-15-9-7-6-8-14(15)12-16(17(24)18-21-10-11-27-18)23-19(25)26-20(3,4)5/h10-11,14-16,22H,1,6-9,12H2,2-5H3,(H,23,25)/t14?,15?,16-/m0/s1. The summed E-state index contributed by atoms with van der Waals surface area (Å²) in [5.74, 6) is 0.120. The summed E-state index contributed by atoms with van der Waals surface area (Å²) < 4.78 is 5.37. The smallest absolute Gasteiger partial charge is 0.408 e. The Morgan fingerprint density at radius 3 is 2.67 bits per heavy atom. The van der Waals surface area contributed by atoms with Crippen molar-refractivity contribution in [3.63, 3.8) is 0 Å². The van der Waals surface area contributed by atoms with Crippen molar-refractivity contribution in [1.29, 1.82) is 0 Å². The Bertz CT molecular complexity index is 652. The number of ketones is 1. The van der Waals surface area contributed by atoms with Crippen molar-refractivity contribution < 1.29 is 14.3 Å². The second-order valence-corrected chi connectivity index (χ2v) is 9.11. The van der Waals surface area contributed by atoms with E-state index in [9.17, 15) is 9.59 Å². The number of carbonyl (C=O) groups is 2. The molecule has 3 atom stereocenters. The van der Waals surface area contributed by atoms with Gasteiger partial charge in [0.2, 0.25) is 5.78 Å². The molecule has 0 bridgehead atoms. The molecule has 0 radical (unpaired) electrons. The summed E-state index contributed by atoms with van der Waals surface area (Å²) in [6.07, 6.45) is 5.94. The number of nitrogens with zero attached hydrogens (tertiary/aromatic N) is 1. The summed E-state index contributed by atoms with van der Waals surface area (Å²) >= 11 is 1.29. The topological polar surface area (TPSA) is 80.3 Å². The molecule has 0 aliphatic heterocycles. The van der Waals surface area contributed by atoms with Crippen LogP contribution in [0.15, 0.2) is 23.9 Å². The van der Waals surface area contributed by atoms with Crippen molar-refractivity contribution in [2.45, 2.75) is 77.5 Å².